The molecular formula is C13H14O5. The van der Waals surface area contributed by atoms with Crippen molar-refractivity contribution in [2.75, 3.05) is 13.2 Å². The van der Waals surface area contributed by atoms with Crippen LogP contribution in [0.5, 0.6) is 5.75 Å². The Bertz CT molecular complexity index is 388. The Morgan fingerprint density at radius 1 is 1.28 bits per heavy atom. The minimum atomic E-state index is -0.647. The fraction of sp³-hybridized carbons (Fsp3) is 0.231. The standard InChI is InChI=1S/C13H14O5/c1-2-13(15)17-9-12(18-10-14)8-16-11-6-4-3-5-7-11/h2-7,10,12H,1,8-9H2. The molecule has 0 heterocycles. The van der Waals surface area contributed by atoms with E-state index >= 15 is 0 Å². The maximum Gasteiger partial charge on any atom is 0.330 e. The molecule has 1 aromatic carbocycles. The molecule has 1 atom stereocenters. The molecule has 0 amide bonds. The van der Waals surface area contributed by atoms with Gasteiger partial charge in [0.15, 0.2) is 6.10 Å². The summed E-state index contributed by atoms with van der Waals surface area (Å²) in [5, 5.41) is 0. The highest BCUT2D eigenvalue weighted by molar-refractivity contribution is 5.81. The molecule has 0 N–H and O–H groups in total. The second kappa shape index (κ2) is 7.89. The molecule has 1 aromatic rings. The number of rotatable bonds is 8. The van der Waals surface area contributed by atoms with Crippen LogP contribution in [-0.2, 0) is 19.1 Å². The van der Waals surface area contributed by atoms with Crippen molar-refractivity contribution in [3.05, 3.63) is 43.0 Å². The van der Waals surface area contributed by atoms with Crippen molar-refractivity contribution in [3.63, 3.8) is 0 Å². The van der Waals surface area contributed by atoms with Crippen molar-refractivity contribution >= 4 is 12.4 Å². The van der Waals surface area contributed by atoms with Gasteiger partial charge in [0, 0.05) is 6.08 Å². The molecule has 0 radical (unpaired) electrons. The molecule has 5 nitrogen and oxygen atoms in total. The smallest absolute Gasteiger partial charge is 0.330 e. The summed E-state index contributed by atoms with van der Waals surface area (Å²) in [7, 11) is 0. The topological polar surface area (TPSA) is 61.8 Å². The molecule has 1 rings (SSSR count). The Labute approximate surface area is 105 Å². The van der Waals surface area contributed by atoms with Crippen LogP contribution >= 0.6 is 0 Å². The molecule has 0 bridgehead atoms. The van der Waals surface area contributed by atoms with Gasteiger partial charge in [0.2, 0.25) is 0 Å². The lowest BCUT2D eigenvalue weighted by molar-refractivity contribution is -0.149. The molecule has 0 aromatic heterocycles. The average Bonchev–Trinajstić information content (AvgIpc) is 2.42. The van der Waals surface area contributed by atoms with Gasteiger partial charge in [-0.05, 0) is 12.1 Å². The fourth-order valence-electron chi connectivity index (χ4n) is 1.15. The lowest BCUT2D eigenvalue weighted by Gasteiger charge is -2.15. The molecule has 18 heavy (non-hydrogen) atoms. The molecule has 0 aliphatic carbocycles. The van der Waals surface area contributed by atoms with E-state index in [1.807, 2.05) is 18.2 Å². The third-order valence-corrected chi connectivity index (χ3v) is 2.01. The third-order valence-electron chi connectivity index (χ3n) is 2.01. The lowest BCUT2D eigenvalue weighted by Crippen LogP contribution is -2.27. The van der Waals surface area contributed by atoms with E-state index in [0.29, 0.717) is 12.2 Å². The number of hydrogen-bond acceptors (Lipinski definition) is 5. The fourth-order valence-corrected chi connectivity index (χ4v) is 1.15. The summed E-state index contributed by atoms with van der Waals surface area (Å²) in [6.45, 7) is 3.59. The van der Waals surface area contributed by atoms with E-state index in [1.165, 1.54) is 0 Å². The zero-order valence-corrected chi connectivity index (χ0v) is 9.78. The van der Waals surface area contributed by atoms with Crippen LogP contribution in [0, 0.1) is 0 Å². The number of carbonyl (C=O) groups excluding carboxylic acids is 2. The summed E-state index contributed by atoms with van der Waals surface area (Å²) < 4.78 is 14.9. The second-order valence-corrected chi connectivity index (χ2v) is 3.31. The molecule has 0 aliphatic rings. The van der Waals surface area contributed by atoms with Crippen molar-refractivity contribution in [1.82, 2.24) is 0 Å². The maximum atomic E-state index is 10.9. The van der Waals surface area contributed by atoms with Crippen molar-refractivity contribution in [1.29, 1.82) is 0 Å². The number of ether oxygens (including phenoxy) is 3. The number of benzene rings is 1. The highest BCUT2D eigenvalue weighted by atomic mass is 16.6. The molecule has 0 saturated carbocycles. The Kier molecular flexibility index (Phi) is 6.03. The van der Waals surface area contributed by atoms with Crippen molar-refractivity contribution in [2.45, 2.75) is 6.10 Å². The first-order valence-electron chi connectivity index (χ1n) is 5.32. The molecule has 5 heteroatoms. The minimum Gasteiger partial charge on any atom is -0.490 e. The average molecular weight is 250 g/mol. The number of para-hydroxylation sites is 1. The van der Waals surface area contributed by atoms with Gasteiger partial charge in [-0.3, -0.25) is 4.79 Å². The molecule has 1 unspecified atom stereocenters. The first-order valence-corrected chi connectivity index (χ1v) is 5.32. The predicted octanol–water partition coefficient (Wildman–Crippen LogP) is 1.34. The van der Waals surface area contributed by atoms with Crippen LogP contribution in [-0.4, -0.2) is 31.8 Å². The van der Waals surface area contributed by atoms with Crippen molar-refractivity contribution in [2.24, 2.45) is 0 Å². The zero-order chi connectivity index (χ0) is 13.2. The summed E-state index contributed by atoms with van der Waals surface area (Å²) >= 11 is 0. The Balaban J connectivity index is 2.40. The van der Waals surface area contributed by atoms with Crippen LogP contribution in [0.1, 0.15) is 0 Å². The van der Waals surface area contributed by atoms with Gasteiger partial charge in [-0.15, -0.1) is 0 Å². The molecule has 96 valence electrons. The molecule has 0 aliphatic heterocycles. The molecule has 0 fully saturated rings. The quantitative estimate of drug-likeness (QED) is 0.396. The first kappa shape index (κ1) is 13.8. The minimum absolute atomic E-state index is 0.0730. The van der Waals surface area contributed by atoms with E-state index in [-0.39, 0.29) is 13.2 Å². The van der Waals surface area contributed by atoms with E-state index in [1.54, 1.807) is 12.1 Å². The van der Waals surface area contributed by atoms with Gasteiger partial charge in [-0.1, -0.05) is 24.8 Å². The van der Waals surface area contributed by atoms with Gasteiger partial charge >= 0.3 is 5.97 Å². The Hall–Kier alpha value is -2.30. The third kappa shape index (κ3) is 5.16. The maximum absolute atomic E-state index is 10.9. The number of esters is 1. The van der Waals surface area contributed by atoms with Gasteiger partial charge in [0.25, 0.3) is 6.47 Å². The molecule has 0 saturated heterocycles. The number of carbonyl (C=O) groups is 2. The summed E-state index contributed by atoms with van der Waals surface area (Å²) in [6, 6.07) is 9.05. The van der Waals surface area contributed by atoms with Crippen LogP contribution < -0.4 is 4.74 Å². The van der Waals surface area contributed by atoms with Crippen molar-refractivity contribution < 1.29 is 23.8 Å². The predicted molar refractivity (Wildman–Crippen MR) is 64.0 cm³/mol. The van der Waals surface area contributed by atoms with Gasteiger partial charge in [0.05, 0.1) is 0 Å². The van der Waals surface area contributed by atoms with Crippen LogP contribution in [0.15, 0.2) is 43.0 Å². The van der Waals surface area contributed by atoms with Crippen molar-refractivity contribution in [3.8, 4) is 5.75 Å². The largest absolute Gasteiger partial charge is 0.490 e. The Morgan fingerprint density at radius 2 is 2.00 bits per heavy atom. The van der Waals surface area contributed by atoms with Crippen LogP contribution in [0.3, 0.4) is 0 Å². The SMILES string of the molecule is C=CC(=O)OCC(COc1ccccc1)OC=O. The van der Waals surface area contributed by atoms with E-state index < -0.39 is 12.1 Å². The second-order valence-electron chi connectivity index (χ2n) is 3.31. The molecular weight excluding hydrogens is 236 g/mol. The highest BCUT2D eigenvalue weighted by Gasteiger charge is 2.12. The van der Waals surface area contributed by atoms with E-state index in [9.17, 15) is 9.59 Å². The summed E-state index contributed by atoms with van der Waals surface area (Å²) in [4.78, 5) is 21.2. The van der Waals surface area contributed by atoms with E-state index in [4.69, 9.17) is 14.2 Å². The Morgan fingerprint density at radius 3 is 2.61 bits per heavy atom. The van der Waals surface area contributed by atoms with Gasteiger partial charge < -0.3 is 14.2 Å². The zero-order valence-electron chi connectivity index (χ0n) is 9.78. The summed E-state index contributed by atoms with van der Waals surface area (Å²) in [5.41, 5.74) is 0. The van der Waals surface area contributed by atoms with Crippen LogP contribution in [0.25, 0.3) is 0 Å². The normalized spacial score (nSPS) is 11.1. The summed E-state index contributed by atoms with van der Waals surface area (Å²) in [5.74, 6) is 0.0706. The monoisotopic (exact) mass is 250 g/mol. The van der Waals surface area contributed by atoms with Gasteiger partial charge in [-0.2, -0.15) is 0 Å². The lowest BCUT2D eigenvalue weighted by atomic mass is 10.3. The van der Waals surface area contributed by atoms with Crippen LogP contribution in [0.4, 0.5) is 0 Å². The van der Waals surface area contributed by atoms with Gasteiger partial charge in [0.1, 0.15) is 19.0 Å². The summed E-state index contributed by atoms with van der Waals surface area (Å²) in [6.07, 6.45) is 0.391. The van der Waals surface area contributed by atoms with E-state index in [0.717, 1.165) is 6.08 Å². The highest BCUT2D eigenvalue weighted by Crippen LogP contribution is 2.09. The van der Waals surface area contributed by atoms with Gasteiger partial charge in [-0.25, -0.2) is 4.79 Å². The first-order chi connectivity index (χ1) is 8.76. The number of hydrogen-bond donors (Lipinski definition) is 0. The van der Waals surface area contributed by atoms with E-state index in [2.05, 4.69) is 6.58 Å². The van der Waals surface area contributed by atoms with Crippen LogP contribution in [0.2, 0.25) is 0 Å². The molecule has 0 spiro atoms.